The van der Waals surface area contributed by atoms with Gasteiger partial charge in [0.15, 0.2) is 0 Å². The molecule has 0 saturated carbocycles. The molecule has 0 amide bonds. The lowest BCUT2D eigenvalue weighted by atomic mass is 10.0. The van der Waals surface area contributed by atoms with Crippen molar-refractivity contribution in [3.63, 3.8) is 0 Å². The Labute approximate surface area is 92.6 Å². The first kappa shape index (κ1) is 12.4. The predicted molar refractivity (Wildman–Crippen MR) is 61.4 cm³/mol. The summed E-state index contributed by atoms with van der Waals surface area (Å²) in [7, 11) is 4.24. The van der Waals surface area contributed by atoms with Crippen LogP contribution >= 0.6 is 0 Å². The monoisotopic (exact) mass is 210 g/mol. The fraction of sp³-hybridized carbons (Fsp3) is 0.909. The van der Waals surface area contributed by atoms with Crippen molar-refractivity contribution in [1.82, 2.24) is 9.80 Å². The standard InChI is InChI=1S/C11H22N4/c1-11(13,9-12)5-7-15-6-4-10(8-15)14(2)3/h10H,4-8,13H2,1-3H3. The highest BCUT2D eigenvalue weighted by Gasteiger charge is 2.26. The molecule has 2 unspecified atom stereocenters. The van der Waals surface area contributed by atoms with Crippen LogP contribution in [0.1, 0.15) is 19.8 Å². The van der Waals surface area contributed by atoms with Gasteiger partial charge in [0, 0.05) is 19.1 Å². The second-order valence-corrected chi connectivity index (χ2v) is 4.99. The van der Waals surface area contributed by atoms with E-state index in [1.54, 1.807) is 6.92 Å². The molecule has 1 aliphatic heterocycles. The second kappa shape index (κ2) is 4.93. The first-order chi connectivity index (χ1) is 6.94. The minimum absolute atomic E-state index is 0.663. The molecule has 1 heterocycles. The Kier molecular flexibility index (Phi) is 4.09. The molecular weight excluding hydrogens is 188 g/mol. The summed E-state index contributed by atoms with van der Waals surface area (Å²) in [4.78, 5) is 4.67. The van der Waals surface area contributed by atoms with Crippen molar-refractivity contribution in [1.29, 1.82) is 5.26 Å². The molecule has 1 aliphatic rings. The maximum absolute atomic E-state index is 8.81. The minimum Gasteiger partial charge on any atom is -0.314 e. The number of hydrogen-bond donors (Lipinski definition) is 1. The van der Waals surface area contributed by atoms with Crippen LogP contribution in [0.25, 0.3) is 0 Å². The molecule has 15 heavy (non-hydrogen) atoms. The molecule has 0 radical (unpaired) electrons. The zero-order valence-electron chi connectivity index (χ0n) is 10.0. The molecule has 4 heteroatoms. The number of nitrogens with zero attached hydrogens (tertiary/aromatic N) is 3. The fourth-order valence-corrected chi connectivity index (χ4v) is 1.88. The van der Waals surface area contributed by atoms with Gasteiger partial charge in [-0.2, -0.15) is 5.26 Å². The van der Waals surface area contributed by atoms with Crippen molar-refractivity contribution in [3.8, 4) is 6.07 Å². The third kappa shape index (κ3) is 3.78. The van der Waals surface area contributed by atoms with Crippen molar-refractivity contribution in [2.45, 2.75) is 31.3 Å². The van der Waals surface area contributed by atoms with Crippen LogP contribution in [0.5, 0.6) is 0 Å². The van der Waals surface area contributed by atoms with E-state index in [1.807, 2.05) is 0 Å². The third-order valence-electron chi connectivity index (χ3n) is 3.18. The number of rotatable bonds is 4. The second-order valence-electron chi connectivity index (χ2n) is 4.99. The molecule has 1 saturated heterocycles. The molecule has 0 aromatic heterocycles. The van der Waals surface area contributed by atoms with Crippen molar-refractivity contribution >= 4 is 0 Å². The molecule has 4 nitrogen and oxygen atoms in total. The molecule has 2 N–H and O–H groups in total. The quantitative estimate of drug-likeness (QED) is 0.723. The van der Waals surface area contributed by atoms with Gasteiger partial charge in [0.1, 0.15) is 5.54 Å². The van der Waals surface area contributed by atoms with E-state index < -0.39 is 5.54 Å². The van der Waals surface area contributed by atoms with Gasteiger partial charge in [-0.3, -0.25) is 0 Å². The van der Waals surface area contributed by atoms with Gasteiger partial charge in [-0.05, 0) is 40.4 Å². The lowest BCUT2D eigenvalue weighted by Gasteiger charge is -2.22. The summed E-state index contributed by atoms with van der Waals surface area (Å²) in [6.45, 7) is 4.97. The summed E-state index contributed by atoms with van der Waals surface area (Å²) in [5, 5.41) is 8.81. The molecule has 0 aromatic carbocycles. The Morgan fingerprint density at radius 1 is 1.60 bits per heavy atom. The number of nitriles is 1. The Morgan fingerprint density at radius 2 is 2.27 bits per heavy atom. The highest BCUT2D eigenvalue weighted by atomic mass is 15.2. The van der Waals surface area contributed by atoms with Crippen molar-refractivity contribution < 1.29 is 0 Å². The first-order valence-corrected chi connectivity index (χ1v) is 5.53. The molecule has 0 aromatic rings. The molecular formula is C11H22N4. The largest absolute Gasteiger partial charge is 0.314 e. The number of nitrogens with two attached hydrogens (primary N) is 1. The molecule has 0 spiro atoms. The lowest BCUT2D eigenvalue weighted by molar-refractivity contribution is 0.259. The van der Waals surface area contributed by atoms with Crippen LogP contribution in [0.3, 0.4) is 0 Å². The number of likely N-dealkylation sites (N-methyl/N-ethyl adjacent to an activating group) is 1. The zero-order chi connectivity index (χ0) is 11.5. The molecule has 1 rings (SSSR count). The Morgan fingerprint density at radius 3 is 2.73 bits per heavy atom. The normalized spacial score (nSPS) is 26.5. The van der Waals surface area contributed by atoms with E-state index in [1.165, 1.54) is 6.42 Å². The smallest absolute Gasteiger partial charge is 0.102 e. The molecule has 0 aliphatic carbocycles. The van der Waals surface area contributed by atoms with E-state index in [2.05, 4.69) is 30.0 Å². The van der Waals surface area contributed by atoms with E-state index in [-0.39, 0.29) is 0 Å². The Balaban J connectivity index is 2.29. The maximum Gasteiger partial charge on any atom is 0.102 e. The van der Waals surface area contributed by atoms with Crippen molar-refractivity contribution in [2.24, 2.45) is 5.73 Å². The number of hydrogen-bond acceptors (Lipinski definition) is 4. The lowest BCUT2D eigenvalue weighted by Crippen LogP contribution is -2.39. The topological polar surface area (TPSA) is 56.3 Å². The summed E-state index contributed by atoms with van der Waals surface area (Å²) in [5.41, 5.74) is 5.12. The Bertz CT molecular complexity index is 241. The van der Waals surface area contributed by atoms with Gasteiger partial charge in [-0.25, -0.2) is 0 Å². The molecule has 0 bridgehead atoms. The average Bonchev–Trinajstić information content (AvgIpc) is 2.63. The number of likely N-dealkylation sites (tertiary alicyclic amines) is 1. The van der Waals surface area contributed by atoms with Crippen molar-refractivity contribution in [2.75, 3.05) is 33.7 Å². The van der Waals surface area contributed by atoms with Crippen LogP contribution in [0.15, 0.2) is 0 Å². The van der Waals surface area contributed by atoms with Crippen LogP contribution in [0.4, 0.5) is 0 Å². The summed E-state index contributed by atoms with van der Waals surface area (Å²) in [6.07, 6.45) is 1.98. The zero-order valence-corrected chi connectivity index (χ0v) is 10.0. The fourth-order valence-electron chi connectivity index (χ4n) is 1.88. The van der Waals surface area contributed by atoms with E-state index in [4.69, 9.17) is 11.0 Å². The molecule has 1 fully saturated rings. The average molecular weight is 210 g/mol. The summed E-state index contributed by atoms with van der Waals surface area (Å²) >= 11 is 0. The van der Waals surface area contributed by atoms with Gasteiger partial charge in [0.25, 0.3) is 0 Å². The van der Waals surface area contributed by atoms with Crippen molar-refractivity contribution in [3.05, 3.63) is 0 Å². The highest BCUT2D eigenvalue weighted by molar-refractivity contribution is 5.01. The van der Waals surface area contributed by atoms with E-state index >= 15 is 0 Å². The Hall–Kier alpha value is -0.630. The van der Waals surface area contributed by atoms with Gasteiger partial charge in [-0.15, -0.1) is 0 Å². The van der Waals surface area contributed by atoms with Crippen LogP contribution in [0, 0.1) is 11.3 Å². The van der Waals surface area contributed by atoms with Gasteiger partial charge >= 0.3 is 0 Å². The molecule has 86 valence electrons. The van der Waals surface area contributed by atoms with Gasteiger partial charge in [0.2, 0.25) is 0 Å². The summed E-state index contributed by atoms with van der Waals surface area (Å²) in [6, 6.07) is 2.80. The van der Waals surface area contributed by atoms with Gasteiger partial charge < -0.3 is 15.5 Å². The SMILES string of the molecule is CN(C)C1CCN(CCC(C)(N)C#N)C1. The predicted octanol–water partition coefficient (Wildman–Crippen LogP) is 0.253. The van der Waals surface area contributed by atoms with Crippen LogP contribution in [-0.4, -0.2) is 55.1 Å². The van der Waals surface area contributed by atoms with Gasteiger partial charge in [0.05, 0.1) is 6.07 Å². The van der Waals surface area contributed by atoms with Crippen LogP contribution in [0.2, 0.25) is 0 Å². The van der Waals surface area contributed by atoms with Crippen LogP contribution in [-0.2, 0) is 0 Å². The first-order valence-electron chi connectivity index (χ1n) is 5.53. The minimum atomic E-state index is -0.670. The van der Waals surface area contributed by atoms with Crippen LogP contribution < -0.4 is 5.73 Å². The van der Waals surface area contributed by atoms with Gasteiger partial charge in [-0.1, -0.05) is 0 Å². The maximum atomic E-state index is 8.81. The summed E-state index contributed by atoms with van der Waals surface area (Å²) < 4.78 is 0. The molecule has 2 atom stereocenters. The van der Waals surface area contributed by atoms with E-state index in [0.29, 0.717) is 6.04 Å². The third-order valence-corrected chi connectivity index (χ3v) is 3.18. The highest BCUT2D eigenvalue weighted by Crippen LogP contribution is 2.15. The summed E-state index contributed by atoms with van der Waals surface area (Å²) in [5.74, 6) is 0. The van der Waals surface area contributed by atoms with E-state index in [9.17, 15) is 0 Å². The van der Waals surface area contributed by atoms with E-state index in [0.717, 1.165) is 26.1 Å².